The number of para-hydroxylation sites is 1. The van der Waals surface area contributed by atoms with Crippen molar-refractivity contribution in [2.24, 2.45) is 0 Å². The van der Waals surface area contributed by atoms with Crippen molar-refractivity contribution < 1.29 is 19.3 Å². The number of likely N-dealkylation sites (tertiary alicyclic amines) is 1. The van der Waals surface area contributed by atoms with Crippen molar-refractivity contribution in [1.82, 2.24) is 4.90 Å². The lowest BCUT2D eigenvalue weighted by atomic mass is 10.1. The van der Waals surface area contributed by atoms with Crippen LogP contribution in [0.15, 0.2) is 18.2 Å². The Bertz CT molecular complexity index is 412. The summed E-state index contributed by atoms with van der Waals surface area (Å²) in [6.07, 6.45) is 0.163. The molecule has 2 rings (SSSR count). The van der Waals surface area contributed by atoms with Gasteiger partial charge in [0.1, 0.15) is 0 Å². The molecule has 5 heteroatoms. The number of benzene rings is 1. The lowest BCUT2D eigenvalue weighted by Gasteiger charge is -2.17. The lowest BCUT2D eigenvalue weighted by molar-refractivity contribution is -0.00461. The second-order valence-corrected chi connectivity index (χ2v) is 4.71. The van der Waals surface area contributed by atoms with Crippen LogP contribution in [0.25, 0.3) is 0 Å². The number of aromatic hydroxyl groups is 1. The molecule has 0 bridgehead atoms. The van der Waals surface area contributed by atoms with Gasteiger partial charge in [-0.15, -0.1) is 0 Å². The molecule has 1 heterocycles. The van der Waals surface area contributed by atoms with Crippen molar-refractivity contribution >= 4 is 0 Å². The van der Waals surface area contributed by atoms with Gasteiger partial charge in [-0.05, 0) is 6.07 Å². The Morgan fingerprint density at radius 2 is 1.79 bits per heavy atom. The number of rotatable bonds is 5. The maximum atomic E-state index is 10.1. The molecule has 1 aliphatic heterocycles. The summed E-state index contributed by atoms with van der Waals surface area (Å²) in [5.74, 6) is 0.711. The average molecular weight is 267 g/mol. The van der Waals surface area contributed by atoms with E-state index in [1.54, 1.807) is 27.4 Å². The molecule has 0 spiro atoms. The van der Waals surface area contributed by atoms with Gasteiger partial charge in [-0.25, -0.2) is 0 Å². The minimum absolute atomic E-state index is 0.0813. The lowest BCUT2D eigenvalue weighted by Crippen LogP contribution is -2.27. The third-order valence-corrected chi connectivity index (χ3v) is 3.59. The smallest absolute Gasteiger partial charge is 0.162 e. The fourth-order valence-electron chi connectivity index (χ4n) is 2.50. The summed E-state index contributed by atoms with van der Waals surface area (Å²) in [4.78, 5) is 2.21. The van der Waals surface area contributed by atoms with Crippen LogP contribution in [0.1, 0.15) is 5.56 Å². The van der Waals surface area contributed by atoms with E-state index >= 15 is 0 Å². The van der Waals surface area contributed by atoms with Crippen LogP contribution in [0.3, 0.4) is 0 Å². The molecule has 1 N–H and O–H groups in total. The standard InChI is InChI=1S/C14H21NO4/c1-17-11-6-4-5-10(14(11)16)7-15-8-12(18-2)13(9-15)19-3/h4-6,12-13,16H,7-9H2,1-3H3. The number of nitrogens with zero attached hydrogens (tertiary/aromatic N) is 1. The Labute approximate surface area is 113 Å². The fourth-order valence-corrected chi connectivity index (χ4v) is 2.50. The topological polar surface area (TPSA) is 51.2 Å². The normalized spacial score (nSPS) is 23.7. The second-order valence-electron chi connectivity index (χ2n) is 4.71. The van der Waals surface area contributed by atoms with Crippen LogP contribution < -0.4 is 4.74 Å². The van der Waals surface area contributed by atoms with Crippen molar-refractivity contribution in [1.29, 1.82) is 0 Å². The van der Waals surface area contributed by atoms with E-state index in [0.29, 0.717) is 12.3 Å². The molecule has 106 valence electrons. The molecule has 2 unspecified atom stereocenters. The summed E-state index contributed by atoms with van der Waals surface area (Å²) in [5, 5.41) is 10.1. The molecule has 1 aromatic carbocycles. The van der Waals surface area contributed by atoms with Gasteiger partial charge in [-0.1, -0.05) is 12.1 Å². The van der Waals surface area contributed by atoms with Crippen LogP contribution in [-0.4, -0.2) is 56.6 Å². The van der Waals surface area contributed by atoms with E-state index < -0.39 is 0 Å². The van der Waals surface area contributed by atoms with Crippen molar-refractivity contribution in [2.45, 2.75) is 18.8 Å². The summed E-state index contributed by atoms with van der Waals surface area (Å²) in [6, 6.07) is 5.53. The van der Waals surface area contributed by atoms with Gasteiger partial charge in [0.15, 0.2) is 11.5 Å². The Balaban J connectivity index is 2.06. The van der Waals surface area contributed by atoms with Gasteiger partial charge in [0.2, 0.25) is 0 Å². The summed E-state index contributed by atoms with van der Waals surface area (Å²) in [7, 11) is 4.95. The predicted molar refractivity (Wildman–Crippen MR) is 71.5 cm³/mol. The molecule has 19 heavy (non-hydrogen) atoms. The Kier molecular flexibility index (Phi) is 4.63. The summed E-state index contributed by atoms with van der Waals surface area (Å²) in [6.45, 7) is 2.25. The highest BCUT2D eigenvalue weighted by Crippen LogP contribution is 2.31. The van der Waals surface area contributed by atoms with E-state index in [-0.39, 0.29) is 18.0 Å². The molecule has 1 fully saturated rings. The van der Waals surface area contributed by atoms with Crippen LogP contribution in [0.5, 0.6) is 11.5 Å². The molecular formula is C14H21NO4. The minimum atomic E-state index is 0.0813. The molecule has 0 saturated carbocycles. The average Bonchev–Trinajstić information content (AvgIpc) is 2.83. The van der Waals surface area contributed by atoms with Crippen molar-refractivity contribution in [3.05, 3.63) is 23.8 Å². The molecule has 0 radical (unpaired) electrons. The number of hydrogen-bond donors (Lipinski definition) is 1. The SMILES string of the molecule is COc1cccc(CN2CC(OC)C(OC)C2)c1O. The summed E-state index contributed by atoms with van der Waals surface area (Å²) >= 11 is 0. The molecule has 2 atom stereocenters. The van der Waals surface area contributed by atoms with E-state index in [1.807, 2.05) is 12.1 Å². The number of ether oxygens (including phenoxy) is 3. The van der Waals surface area contributed by atoms with Crippen molar-refractivity contribution in [3.8, 4) is 11.5 Å². The largest absolute Gasteiger partial charge is 0.504 e. The van der Waals surface area contributed by atoms with Gasteiger partial charge < -0.3 is 19.3 Å². The number of phenols is 1. The van der Waals surface area contributed by atoms with E-state index in [4.69, 9.17) is 14.2 Å². The highest BCUT2D eigenvalue weighted by molar-refractivity contribution is 5.45. The maximum absolute atomic E-state index is 10.1. The van der Waals surface area contributed by atoms with Crippen molar-refractivity contribution in [2.75, 3.05) is 34.4 Å². The zero-order valence-corrected chi connectivity index (χ0v) is 11.6. The molecule has 0 amide bonds. The van der Waals surface area contributed by atoms with Gasteiger partial charge >= 0.3 is 0 Å². The molecular weight excluding hydrogens is 246 g/mol. The number of hydrogen-bond acceptors (Lipinski definition) is 5. The Morgan fingerprint density at radius 1 is 1.16 bits per heavy atom. The Hall–Kier alpha value is -1.30. The molecule has 0 aromatic heterocycles. The highest BCUT2D eigenvalue weighted by atomic mass is 16.5. The first kappa shape index (κ1) is 14.1. The minimum Gasteiger partial charge on any atom is -0.504 e. The molecule has 5 nitrogen and oxygen atoms in total. The first-order chi connectivity index (χ1) is 9.19. The van der Waals surface area contributed by atoms with E-state index in [0.717, 1.165) is 18.7 Å². The summed E-state index contributed by atoms with van der Waals surface area (Å²) in [5.41, 5.74) is 0.853. The van der Waals surface area contributed by atoms with Crippen LogP contribution in [-0.2, 0) is 16.0 Å². The third kappa shape index (κ3) is 3.00. The number of methoxy groups -OCH3 is 3. The zero-order valence-electron chi connectivity index (χ0n) is 11.6. The van der Waals surface area contributed by atoms with Crippen LogP contribution in [0.2, 0.25) is 0 Å². The first-order valence-electron chi connectivity index (χ1n) is 6.32. The van der Waals surface area contributed by atoms with Crippen LogP contribution in [0.4, 0.5) is 0 Å². The quantitative estimate of drug-likeness (QED) is 0.870. The zero-order chi connectivity index (χ0) is 13.8. The molecule has 1 aliphatic rings. The van der Waals surface area contributed by atoms with E-state index in [2.05, 4.69) is 4.90 Å². The van der Waals surface area contributed by atoms with E-state index in [9.17, 15) is 5.11 Å². The molecule has 1 aromatic rings. The first-order valence-corrected chi connectivity index (χ1v) is 6.32. The second kappa shape index (κ2) is 6.23. The van der Waals surface area contributed by atoms with Gasteiger partial charge in [-0.2, -0.15) is 0 Å². The van der Waals surface area contributed by atoms with Crippen LogP contribution in [0, 0.1) is 0 Å². The van der Waals surface area contributed by atoms with Gasteiger partial charge in [0, 0.05) is 39.4 Å². The Morgan fingerprint density at radius 3 is 2.32 bits per heavy atom. The fraction of sp³-hybridized carbons (Fsp3) is 0.571. The van der Waals surface area contributed by atoms with Gasteiger partial charge in [0.05, 0.1) is 19.3 Å². The van der Waals surface area contributed by atoms with Crippen molar-refractivity contribution in [3.63, 3.8) is 0 Å². The number of phenolic OH excluding ortho intramolecular Hbond substituents is 1. The maximum Gasteiger partial charge on any atom is 0.162 e. The third-order valence-electron chi connectivity index (χ3n) is 3.59. The van der Waals surface area contributed by atoms with Crippen LogP contribution >= 0.6 is 0 Å². The predicted octanol–water partition coefficient (Wildman–Crippen LogP) is 1.25. The monoisotopic (exact) mass is 267 g/mol. The molecule has 0 aliphatic carbocycles. The van der Waals surface area contributed by atoms with Gasteiger partial charge in [-0.3, -0.25) is 4.90 Å². The van der Waals surface area contributed by atoms with Gasteiger partial charge in [0.25, 0.3) is 0 Å². The van der Waals surface area contributed by atoms with E-state index in [1.165, 1.54) is 0 Å². The summed E-state index contributed by atoms with van der Waals surface area (Å²) < 4.78 is 15.9. The molecule has 1 saturated heterocycles. The highest BCUT2D eigenvalue weighted by Gasteiger charge is 2.33.